The molecule has 7 unspecified atom stereocenters. The predicted molar refractivity (Wildman–Crippen MR) is 96.8 cm³/mol. The molecule has 0 spiro atoms. The van der Waals surface area contributed by atoms with Gasteiger partial charge in [0.05, 0.1) is 18.6 Å². The molecule has 3 fully saturated rings. The summed E-state index contributed by atoms with van der Waals surface area (Å²) in [5.74, 6) is 0.860. The molecule has 3 rings (SSSR count). The van der Waals surface area contributed by atoms with E-state index in [2.05, 4.69) is 20.8 Å². The van der Waals surface area contributed by atoms with Crippen LogP contribution in [0, 0.1) is 34.0 Å². The van der Waals surface area contributed by atoms with Crippen molar-refractivity contribution in [1.29, 1.82) is 0 Å². The number of hydrogen-bond acceptors (Lipinski definition) is 4. The summed E-state index contributed by atoms with van der Waals surface area (Å²) >= 11 is 0. The molecule has 0 saturated heterocycles. The number of hydrogen-bond donors (Lipinski definition) is 2. The minimum atomic E-state index is -0.473. The Morgan fingerprint density at radius 1 is 1.20 bits per heavy atom. The number of carbonyl (C=O) groups excluding carboxylic acids is 1. The van der Waals surface area contributed by atoms with Gasteiger partial charge in [0.2, 0.25) is 0 Å². The molecular formula is C21H36O4. The zero-order chi connectivity index (χ0) is 18.5. The average molecular weight is 353 g/mol. The van der Waals surface area contributed by atoms with Gasteiger partial charge in [-0.3, -0.25) is 4.79 Å². The van der Waals surface area contributed by atoms with Crippen LogP contribution in [-0.2, 0) is 9.53 Å². The normalized spacial score (nSPS) is 49.8. The molecule has 144 valence electrons. The van der Waals surface area contributed by atoms with E-state index in [0.717, 1.165) is 44.9 Å². The van der Waals surface area contributed by atoms with Gasteiger partial charge in [0.1, 0.15) is 0 Å². The van der Waals surface area contributed by atoms with Crippen LogP contribution in [0.5, 0.6) is 0 Å². The van der Waals surface area contributed by atoms with Crippen molar-refractivity contribution < 1.29 is 19.7 Å². The standard InChI is InChI=1S/C21H36O4/c1-19(10-11-22)9-6-15-14(13-19)16(23)12-17-20(15,2)7-5-8-21(17,3)18(24)25-4/h14-17,22-23H,5-13H2,1-4H3. The lowest BCUT2D eigenvalue weighted by Gasteiger charge is -2.63. The number of carbonyl (C=O) groups is 1. The van der Waals surface area contributed by atoms with Crippen LogP contribution in [0.3, 0.4) is 0 Å². The number of rotatable bonds is 3. The van der Waals surface area contributed by atoms with E-state index in [1.54, 1.807) is 0 Å². The molecule has 25 heavy (non-hydrogen) atoms. The molecule has 0 aromatic rings. The minimum Gasteiger partial charge on any atom is -0.469 e. The second-order valence-corrected chi connectivity index (χ2v) is 9.92. The van der Waals surface area contributed by atoms with Gasteiger partial charge in [0.15, 0.2) is 0 Å². The fourth-order valence-corrected chi connectivity index (χ4v) is 7.03. The summed E-state index contributed by atoms with van der Waals surface area (Å²) in [6.45, 7) is 6.92. The molecule has 4 nitrogen and oxygen atoms in total. The molecule has 0 amide bonds. The lowest BCUT2D eigenvalue weighted by Crippen LogP contribution is -2.60. The number of aliphatic hydroxyl groups is 2. The van der Waals surface area contributed by atoms with Gasteiger partial charge < -0.3 is 14.9 Å². The molecule has 0 bridgehead atoms. The Hall–Kier alpha value is -0.610. The molecule has 0 aliphatic heterocycles. The van der Waals surface area contributed by atoms with Gasteiger partial charge in [0.25, 0.3) is 0 Å². The van der Waals surface area contributed by atoms with Crippen LogP contribution in [0.1, 0.15) is 72.1 Å². The maximum absolute atomic E-state index is 12.6. The quantitative estimate of drug-likeness (QED) is 0.763. The Morgan fingerprint density at radius 2 is 1.92 bits per heavy atom. The molecular weight excluding hydrogens is 316 g/mol. The number of fused-ring (bicyclic) bond motifs is 3. The first-order chi connectivity index (χ1) is 11.7. The topological polar surface area (TPSA) is 66.8 Å². The minimum absolute atomic E-state index is 0.102. The van der Waals surface area contributed by atoms with Crippen LogP contribution < -0.4 is 0 Å². The van der Waals surface area contributed by atoms with E-state index in [-0.39, 0.29) is 35.4 Å². The number of aliphatic hydroxyl groups excluding tert-OH is 2. The molecule has 3 saturated carbocycles. The van der Waals surface area contributed by atoms with Crippen LogP contribution >= 0.6 is 0 Å². The monoisotopic (exact) mass is 352 g/mol. The van der Waals surface area contributed by atoms with Crippen LogP contribution in [0.4, 0.5) is 0 Å². The average Bonchev–Trinajstić information content (AvgIpc) is 2.56. The summed E-state index contributed by atoms with van der Waals surface area (Å²) in [6, 6.07) is 0. The molecule has 0 radical (unpaired) electrons. The number of ether oxygens (including phenoxy) is 1. The van der Waals surface area contributed by atoms with Crippen molar-refractivity contribution in [2.45, 2.75) is 78.2 Å². The van der Waals surface area contributed by atoms with E-state index < -0.39 is 5.41 Å². The Kier molecular flexibility index (Phi) is 5.00. The van der Waals surface area contributed by atoms with Crippen molar-refractivity contribution >= 4 is 5.97 Å². The molecule has 4 heteroatoms. The Balaban J connectivity index is 1.91. The summed E-state index contributed by atoms with van der Waals surface area (Å²) < 4.78 is 5.17. The fraction of sp³-hybridized carbons (Fsp3) is 0.952. The first-order valence-electron chi connectivity index (χ1n) is 10.1. The SMILES string of the molecule is COC(=O)C1(C)CCCC2(C)C3CCC(C)(CCO)CC3C(O)CC12. The van der Waals surface area contributed by atoms with E-state index in [1.807, 2.05) is 0 Å². The Bertz CT molecular complexity index is 520. The van der Waals surface area contributed by atoms with Crippen LogP contribution in [0.15, 0.2) is 0 Å². The third-order valence-electron chi connectivity index (χ3n) is 8.47. The molecule has 7 atom stereocenters. The highest BCUT2D eigenvalue weighted by Crippen LogP contribution is 2.65. The maximum atomic E-state index is 12.6. The summed E-state index contributed by atoms with van der Waals surface area (Å²) in [5, 5.41) is 20.5. The Morgan fingerprint density at radius 3 is 2.56 bits per heavy atom. The number of esters is 1. The van der Waals surface area contributed by atoms with Gasteiger partial charge in [-0.2, -0.15) is 0 Å². The zero-order valence-corrected chi connectivity index (χ0v) is 16.4. The van der Waals surface area contributed by atoms with Gasteiger partial charge in [-0.05, 0) is 80.5 Å². The zero-order valence-electron chi connectivity index (χ0n) is 16.4. The lowest BCUT2D eigenvalue weighted by molar-refractivity contribution is -0.193. The van der Waals surface area contributed by atoms with Gasteiger partial charge in [-0.1, -0.05) is 20.3 Å². The summed E-state index contributed by atoms with van der Waals surface area (Å²) in [6.07, 6.45) is 7.47. The first-order valence-corrected chi connectivity index (χ1v) is 10.1. The van der Waals surface area contributed by atoms with E-state index >= 15 is 0 Å². The van der Waals surface area contributed by atoms with Crippen molar-refractivity contribution in [2.75, 3.05) is 13.7 Å². The van der Waals surface area contributed by atoms with Crippen molar-refractivity contribution in [1.82, 2.24) is 0 Å². The fourth-order valence-electron chi connectivity index (χ4n) is 7.03. The third-order valence-corrected chi connectivity index (χ3v) is 8.47. The molecule has 0 aromatic carbocycles. The van der Waals surface area contributed by atoms with E-state index in [0.29, 0.717) is 18.3 Å². The Labute approximate surface area is 152 Å². The van der Waals surface area contributed by atoms with Crippen LogP contribution in [0.2, 0.25) is 0 Å². The van der Waals surface area contributed by atoms with Gasteiger partial charge >= 0.3 is 5.97 Å². The first kappa shape index (κ1) is 19.2. The highest BCUT2D eigenvalue weighted by atomic mass is 16.5. The van der Waals surface area contributed by atoms with Gasteiger partial charge in [0, 0.05) is 6.61 Å². The van der Waals surface area contributed by atoms with Crippen molar-refractivity contribution in [2.24, 2.45) is 34.0 Å². The predicted octanol–water partition coefficient (Wildman–Crippen LogP) is 3.54. The molecule has 3 aliphatic rings. The molecule has 2 N–H and O–H groups in total. The van der Waals surface area contributed by atoms with E-state index in [9.17, 15) is 15.0 Å². The second kappa shape index (κ2) is 6.53. The van der Waals surface area contributed by atoms with Crippen molar-refractivity contribution in [3.8, 4) is 0 Å². The smallest absolute Gasteiger partial charge is 0.311 e. The van der Waals surface area contributed by atoms with Crippen LogP contribution in [-0.4, -0.2) is 36.0 Å². The third kappa shape index (κ3) is 2.93. The van der Waals surface area contributed by atoms with Crippen molar-refractivity contribution in [3.63, 3.8) is 0 Å². The van der Waals surface area contributed by atoms with E-state index in [4.69, 9.17) is 4.74 Å². The second-order valence-electron chi connectivity index (χ2n) is 9.92. The number of methoxy groups -OCH3 is 1. The summed E-state index contributed by atoms with van der Waals surface area (Å²) in [7, 11) is 1.49. The van der Waals surface area contributed by atoms with Crippen LogP contribution in [0.25, 0.3) is 0 Å². The molecule has 0 heterocycles. The van der Waals surface area contributed by atoms with Gasteiger partial charge in [-0.25, -0.2) is 0 Å². The summed E-state index contributed by atoms with van der Waals surface area (Å²) in [5.41, 5.74) is -0.231. The highest BCUT2D eigenvalue weighted by Gasteiger charge is 2.62. The maximum Gasteiger partial charge on any atom is 0.311 e. The summed E-state index contributed by atoms with van der Waals surface area (Å²) in [4.78, 5) is 12.6. The molecule has 3 aliphatic carbocycles. The lowest BCUT2D eigenvalue weighted by atomic mass is 9.42. The van der Waals surface area contributed by atoms with Gasteiger partial charge in [-0.15, -0.1) is 0 Å². The molecule has 0 aromatic heterocycles. The highest BCUT2D eigenvalue weighted by molar-refractivity contribution is 5.77. The van der Waals surface area contributed by atoms with E-state index in [1.165, 1.54) is 7.11 Å². The largest absolute Gasteiger partial charge is 0.469 e. The van der Waals surface area contributed by atoms with Crippen molar-refractivity contribution in [3.05, 3.63) is 0 Å².